The first-order valence-electron chi connectivity index (χ1n) is 6.97. The maximum atomic E-state index is 4.60. The second-order valence-electron chi connectivity index (χ2n) is 4.77. The number of hydrogen-bond donors (Lipinski definition) is 2. The number of nitrogens with zero attached hydrogens (tertiary/aromatic N) is 1. The van der Waals surface area contributed by atoms with Crippen molar-refractivity contribution in [3.63, 3.8) is 0 Å². The SMILES string of the molecule is CCNC(=NCCCc1ccccc1)NC1CC1.I. The summed E-state index contributed by atoms with van der Waals surface area (Å²) in [5.74, 6) is 0.980. The molecule has 1 aliphatic carbocycles. The lowest BCUT2D eigenvalue weighted by Gasteiger charge is -2.09. The largest absolute Gasteiger partial charge is 0.357 e. The molecule has 3 nitrogen and oxygen atoms in total. The number of aryl methyl sites for hydroxylation is 1. The van der Waals surface area contributed by atoms with E-state index in [1.54, 1.807) is 0 Å². The Balaban J connectivity index is 0.00000180. The molecular weight excluding hydrogens is 349 g/mol. The lowest BCUT2D eigenvalue weighted by molar-refractivity contribution is 0.782. The van der Waals surface area contributed by atoms with E-state index in [1.165, 1.54) is 18.4 Å². The molecule has 1 aliphatic rings. The number of hydrogen-bond acceptors (Lipinski definition) is 1. The molecule has 0 radical (unpaired) electrons. The van der Waals surface area contributed by atoms with Crippen molar-refractivity contribution in [1.82, 2.24) is 10.6 Å². The number of halogens is 1. The fourth-order valence-electron chi connectivity index (χ4n) is 1.86. The van der Waals surface area contributed by atoms with Crippen LogP contribution >= 0.6 is 24.0 Å². The predicted octanol–water partition coefficient (Wildman–Crippen LogP) is 2.95. The summed E-state index contributed by atoms with van der Waals surface area (Å²) in [4.78, 5) is 4.60. The molecule has 0 aliphatic heterocycles. The zero-order valence-corrected chi connectivity index (χ0v) is 13.9. The standard InChI is InChI=1S/C15H23N3.HI/c1-2-16-15(18-14-10-11-14)17-12-6-9-13-7-4-3-5-8-13;/h3-5,7-8,14H,2,6,9-12H2,1H3,(H2,16,17,18);1H. The molecule has 0 amide bonds. The second kappa shape index (κ2) is 9.18. The van der Waals surface area contributed by atoms with Crippen molar-refractivity contribution in [3.8, 4) is 0 Å². The molecule has 1 saturated carbocycles. The average Bonchev–Trinajstić information content (AvgIpc) is 3.20. The van der Waals surface area contributed by atoms with Gasteiger partial charge >= 0.3 is 0 Å². The first-order chi connectivity index (χ1) is 8.88. The molecule has 0 unspecified atom stereocenters. The maximum absolute atomic E-state index is 4.60. The van der Waals surface area contributed by atoms with Crippen LogP contribution in [0.3, 0.4) is 0 Å². The summed E-state index contributed by atoms with van der Waals surface area (Å²) in [5.41, 5.74) is 1.40. The summed E-state index contributed by atoms with van der Waals surface area (Å²) in [5, 5.41) is 6.72. The lowest BCUT2D eigenvalue weighted by atomic mass is 10.1. The Morgan fingerprint density at radius 2 is 2.00 bits per heavy atom. The highest BCUT2D eigenvalue weighted by Gasteiger charge is 2.21. The molecule has 1 aromatic rings. The number of benzene rings is 1. The van der Waals surface area contributed by atoms with Crippen molar-refractivity contribution in [2.24, 2.45) is 4.99 Å². The van der Waals surface area contributed by atoms with Crippen LogP contribution in [0.4, 0.5) is 0 Å². The highest BCUT2D eigenvalue weighted by atomic mass is 127. The zero-order chi connectivity index (χ0) is 12.6. The van der Waals surface area contributed by atoms with Gasteiger partial charge in [0.25, 0.3) is 0 Å². The van der Waals surface area contributed by atoms with Crippen molar-refractivity contribution < 1.29 is 0 Å². The molecule has 0 spiro atoms. The number of guanidine groups is 1. The maximum Gasteiger partial charge on any atom is 0.191 e. The molecule has 0 bridgehead atoms. The molecule has 4 heteroatoms. The van der Waals surface area contributed by atoms with E-state index >= 15 is 0 Å². The van der Waals surface area contributed by atoms with Gasteiger partial charge in [-0.15, -0.1) is 24.0 Å². The quantitative estimate of drug-likeness (QED) is 0.348. The molecule has 0 atom stereocenters. The zero-order valence-electron chi connectivity index (χ0n) is 11.6. The molecule has 1 fully saturated rings. The molecule has 19 heavy (non-hydrogen) atoms. The Hall–Kier alpha value is -0.780. The molecule has 106 valence electrons. The Morgan fingerprint density at radius 3 is 2.63 bits per heavy atom. The van der Waals surface area contributed by atoms with Crippen LogP contribution in [0, 0.1) is 0 Å². The van der Waals surface area contributed by atoms with Crippen LogP contribution in [0.15, 0.2) is 35.3 Å². The molecule has 1 aromatic carbocycles. The van der Waals surface area contributed by atoms with E-state index in [2.05, 4.69) is 52.9 Å². The third-order valence-corrected chi connectivity index (χ3v) is 3.00. The van der Waals surface area contributed by atoms with Crippen LogP contribution in [0.5, 0.6) is 0 Å². The van der Waals surface area contributed by atoms with Crippen molar-refractivity contribution in [1.29, 1.82) is 0 Å². The third kappa shape index (κ3) is 6.80. The van der Waals surface area contributed by atoms with Crippen LogP contribution in [0.1, 0.15) is 31.7 Å². The minimum absolute atomic E-state index is 0. The first kappa shape index (κ1) is 16.3. The summed E-state index contributed by atoms with van der Waals surface area (Å²) in [6.45, 7) is 3.92. The van der Waals surface area contributed by atoms with E-state index in [0.717, 1.165) is 31.9 Å². The van der Waals surface area contributed by atoms with Crippen LogP contribution in [0.25, 0.3) is 0 Å². The van der Waals surface area contributed by atoms with Gasteiger partial charge in [0.15, 0.2) is 5.96 Å². The summed E-state index contributed by atoms with van der Waals surface area (Å²) in [7, 11) is 0. The second-order valence-corrected chi connectivity index (χ2v) is 4.77. The van der Waals surface area contributed by atoms with Crippen LogP contribution in [-0.2, 0) is 6.42 Å². The van der Waals surface area contributed by atoms with Gasteiger partial charge in [-0.1, -0.05) is 30.3 Å². The van der Waals surface area contributed by atoms with E-state index in [9.17, 15) is 0 Å². The van der Waals surface area contributed by atoms with Gasteiger partial charge in [0.2, 0.25) is 0 Å². The van der Waals surface area contributed by atoms with E-state index < -0.39 is 0 Å². The number of rotatable bonds is 6. The molecule has 2 rings (SSSR count). The summed E-state index contributed by atoms with van der Waals surface area (Å²) in [6.07, 6.45) is 4.78. The Kier molecular flexibility index (Phi) is 7.86. The normalized spacial score (nSPS) is 14.7. The molecule has 0 heterocycles. The van der Waals surface area contributed by atoms with E-state index in [-0.39, 0.29) is 24.0 Å². The smallest absolute Gasteiger partial charge is 0.191 e. The molecule has 0 aromatic heterocycles. The molecular formula is C15H24IN3. The Labute approximate surface area is 133 Å². The van der Waals surface area contributed by atoms with E-state index in [1.807, 2.05) is 0 Å². The average molecular weight is 373 g/mol. The minimum atomic E-state index is 0. The highest BCUT2D eigenvalue weighted by molar-refractivity contribution is 14.0. The van der Waals surface area contributed by atoms with Gasteiger partial charge in [0.1, 0.15) is 0 Å². The van der Waals surface area contributed by atoms with Crippen molar-refractivity contribution >= 4 is 29.9 Å². The van der Waals surface area contributed by atoms with Crippen molar-refractivity contribution in [2.45, 2.75) is 38.6 Å². The Bertz CT molecular complexity index is 374. The summed E-state index contributed by atoms with van der Waals surface area (Å²) < 4.78 is 0. The van der Waals surface area contributed by atoms with Gasteiger partial charge in [-0.25, -0.2) is 0 Å². The summed E-state index contributed by atoms with van der Waals surface area (Å²) >= 11 is 0. The lowest BCUT2D eigenvalue weighted by Crippen LogP contribution is -2.38. The Morgan fingerprint density at radius 1 is 1.26 bits per heavy atom. The van der Waals surface area contributed by atoms with E-state index in [4.69, 9.17) is 0 Å². The molecule has 0 saturated heterocycles. The van der Waals surface area contributed by atoms with Gasteiger partial charge in [-0.05, 0) is 38.2 Å². The van der Waals surface area contributed by atoms with Gasteiger partial charge in [-0.3, -0.25) is 4.99 Å². The van der Waals surface area contributed by atoms with Crippen molar-refractivity contribution in [3.05, 3.63) is 35.9 Å². The number of nitrogens with one attached hydrogen (secondary N) is 2. The summed E-state index contributed by atoms with van der Waals surface area (Å²) in [6, 6.07) is 11.3. The van der Waals surface area contributed by atoms with Gasteiger partial charge in [0.05, 0.1) is 0 Å². The minimum Gasteiger partial charge on any atom is -0.357 e. The fraction of sp³-hybridized carbons (Fsp3) is 0.533. The van der Waals surface area contributed by atoms with Gasteiger partial charge in [0, 0.05) is 19.1 Å². The van der Waals surface area contributed by atoms with Gasteiger partial charge in [-0.2, -0.15) is 0 Å². The molecule has 2 N–H and O–H groups in total. The van der Waals surface area contributed by atoms with Crippen LogP contribution < -0.4 is 10.6 Å². The number of aliphatic imine (C=N–C) groups is 1. The highest BCUT2D eigenvalue weighted by Crippen LogP contribution is 2.18. The van der Waals surface area contributed by atoms with E-state index in [0.29, 0.717) is 6.04 Å². The monoisotopic (exact) mass is 373 g/mol. The third-order valence-electron chi connectivity index (χ3n) is 3.00. The topological polar surface area (TPSA) is 36.4 Å². The van der Waals surface area contributed by atoms with Crippen LogP contribution in [0.2, 0.25) is 0 Å². The van der Waals surface area contributed by atoms with Crippen molar-refractivity contribution in [2.75, 3.05) is 13.1 Å². The van der Waals surface area contributed by atoms with Crippen LogP contribution in [-0.4, -0.2) is 25.1 Å². The van der Waals surface area contributed by atoms with Gasteiger partial charge < -0.3 is 10.6 Å². The predicted molar refractivity (Wildman–Crippen MR) is 92.3 cm³/mol. The first-order valence-corrected chi connectivity index (χ1v) is 6.97. The fourth-order valence-corrected chi connectivity index (χ4v) is 1.86.